The van der Waals surface area contributed by atoms with Crippen molar-refractivity contribution >= 4 is 23.2 Å². The molecule has 3 heterocycles. The van der Waals surface area contributed by atoms with Crippen molar-refractivity contribution in [1.29, 1.82) is 0 Å². The van der Waals surface area contributed by atoms with Gasteiger partial charge in [0.15, 0.2) is 0 Å². The fraction of sp³-hybridized carbons (Fsp3) is 0.524. The summed E-state index contributed by atoms with van der Waals surface area (Å²) in [5.74, 6) is 0.496. The molecular weight excluding hydrogens is 376 g/mol. The molecule has 0 spiro atoms. The molecule has 0 bridgehead atoms. The number of furan rings is 1. The van der Waals surface area contributed by atoms with Gasteiger partial charge in [-0.15, -0.1) is 11.3 Å². The molecule has 1 saturated heterocycles. The third-order valence-corrected chi connectivity index (χ3v) is 5.67. The van der Waals surface area contributed by atoms with Crippen molar-refractivity contribution in [3.05, 3.63) is 46.5 Å². The first-order chi connectivity index (χ1) is 13.3. The number of carbonyl (C=O) groups is 2. The largest absolute Gasteiger partial charge is 0.467 e. The van der Waals surface area contributed by atoms with Crippen molar-refractivity contribution in [1.82, 2.24) is 9.80 Å². The van der Waals surface area contributed by atoms with E-state index in [0.29, 0.717) is 18.0 Å². The van der Waals surface area contributed by atoms with Gasteiger partial charge in [-0.05, 0) is 57.2 Å². The molecule has 0 radical (unpaired) electrons. The number of rotatable bonds is 7. The molecule has 0 N–H and O–H groups in total. The molecule has 1 aliphatic rings. The lowest BCUT2D eigenvalue weighted by atomic mass is 10.1. The fourth-order valence-corrected chi connectivity index (χ4v) is 3.93. The van der Waals surface area contributed by atoms with Crippen LogP contribution in [0.3, 0.4) is 0 Å². The van der Waals surface area contributed by atoms with Crippen LogP contribution >= 0.6 is 11.3 Å². The standard InChI is InChI=1S/C21H28N2O4S/c1-21(2,3)23(20(25)18-9-6-12-28-18)15-19(24)22(13-16-7-4-10-26-16)14-17-8-5-11-27-17/h4,6-7,9-10,12,17H,5,8,11,13-15H2,1-3H3/t17-/m0/s1. The molecule has 0 aliphatic carbocycles. The van der Waals surface area contributed by atoms with E-state index in [1.54, 1.807) is 22.1 Å². The number of nitrogens with zero attached hydrogens (tertiary/aromatic N) is 2. The molecule has 0 saturated carbocycles. The normalized spacial score (nSPS) is 16.9. The molecule has 0 unspecified atom stereocenters. The predicted octanol–water partition coefficient (Wildman–Crippen LogP) is 3.79. The van der Waals surface area contributed by atoms with E-state index < -0.39 is 5.54 Å². The Hall–Kier alpha value is -2.12. The summed E-state index contributed by atoms with van der Waals surface area (Å²) in [6, 6.07) is 7.31. The van der Waals surface area contributed by atoms with E-state index >= 15 is 0 Å². The summed E-state index contributed by atoms with van der Waals surface area (Å²) in [5.41, 5.74) is -0.475. The Morgan fingerprint density at radius 2 is 2.07 bits per heavy atom. The van der Waals surface area contributed by atoms with Gasteiger partial charge in [0, 0.05) is 18.7 Å². The first kappa shape index (κ1) is 20.6. The maximum Gasteiger partial charge on any atom is 0.264 e. The Bertz CT molecular complexity index is 759. The lowest BCUT2D eigenvalue weighted by Crippen LogP contribution is -2.51. The maximum absolute atomic E-state index is 13.2. The lowest BCUT2D eigenvalue weighted by molar-refractivity contribution is -0.135. The van der Waals surface area contributed by atoms with E-state index in [1.807, 2.05) is 44.4 Å². The molecule has 1 aliphatic heterocycles. The zero-order chi connectivity index (χ0) is 20.1. The van der Waals surface area contributed by atoms with Crippen molar-refractivity contribution in [2.75, 3.05) is 19.7 Å². The van der Waals surface area contributed by atoms with Crippen molar-refractivity contribution in [2.45, 2.75) is 51.8 Å². The minimum Gasteiger partial charge on any atom is -0.467 e. The molecule has 3 rings (SSSR count). The van der Waals surface area contributed by atoms with Gasteiger partial charge in [0.05, 0.1) is 23.8 Å². The van der Waals surface area contributed by atoms with Crippen LogP contribution in [0.25, 0.3) is 0 Å². The number of hydrogen-bond acceptors (Lipinski definition) is 5. The van der Waals surface area contributed by atoms with Gasteiger partial charge in [-0.1, -0.05) is 6.07 Å². The minimum absolute atomic E-state index is 0.0215. The van der Waals surface area contributed by atoms with Gasteiger partial charge in [-0.25, -0.2) is 0 Å². The van der Waals surface area contributed by atoms with Crippen LogP contribution in [0.5, 0.6) is 0 Å². The second-order valence-electron chi connectivity index (χ2n) is 8.03. The first-order valence-corrected chi connectivity index (χ1v) is 10.5. The summed E-state index contributed by atoms with van der Waals surface area (Å²) in [4.78, 5) is 30.2. The minimum atomic E-state index is -0.475. The van der Waals surface area contributed by atoms with Crippen LogP contribution in [0.1, 0.15) is 49.0 Å². The van der Waals surface area contributed by atoms with Gasteiger partial charge in [0.25, 0.3) is 5.91 Å². The molecule has 1 atom stereocenters. The van der Waals surface area contributed by atoms with E-state index in [4.69, 9.17) is 9.15 Å². The third-order valence-electron chi connectivity index (χ3n) is 4.81. The maximum atomic E-state index is 13.2. The third kappa shape index (κ3) is 5.23. The highest BCUT2D eigenvalue weighted by molar-refractivity contribution is 7.12. The van der Waals surface area contributed by atoms with Gasteiger partial charge in [0.1, 0.15) is 12.3 Å². The van der Waals surface area contributed by atoms with E-state index in [0.717, 1.165) is 25.2 Å². The second-order valence-corrected chi connectivity index (χ2v) is 8.98. The SMILES string of the molecule is CC(C)(C)N(CC(=O)N(Cc1ccco1)C[C@@H]1CCCO1)C(=O)c1cccs1. The van der Waals surface area contributed by atoms with Crippen LogP contribution in [0, 0.1) is 0 Å². The number of ether oxygens (including phenoxy) is 1. The van der Waals surface area contributed by atoms with Crippen LogP contribution in [-0.2, 0) is 16.1 Å². The molecule has 28 heavy (non-hydrogen) atoms. The molecule has 152 valence electrons. The highest BCUT2D eigenvalue weighted by atomic mass is 32.1. The molecular formula is C21H28N2O4S. The number of thiophene rings is 1. The van der Waals surface area contributed by atoms with Crippen LogP contribution in [0.15, 0.2) is 40.3 Å². The Morgan fingerprint density at radius 1 is 1.25 bits per heavy atom. The van der Waals surface area contributed by atoms with Crippen molar-refractivity contribution in [3.63, 3.8) is 0 Å². The first-order valence-electron chi connectivity index (χ1n) is 9.62. The van der Waals surface area contributed by atoms with Gasteiger partial charge in [-0.3, -0.25) is 9.59 Å². The van der Waals surface area contributed by atoms with E-state index in [2.05, 4.69) is 0 Å². The monoisotopic (exact) mass is 404 g/mol. The average Bonchev–Trinajstić information content (AvgIpc) is 3.40. The predicted molar refractivity (Wildman–Crippen MR) is 108 cm³/mol. The number of hydrogen-bond donors (Lipinski definition) is 0. The Labute approximate surface area is 170 Å². The van der Waals surface area contributed by atoms with Crippen LogP contribution in [0.2, 0.25) is 0 Å². The van der Waals surface area contributed by atoms with Crippen LogP contribution in [0.4, 0.5) is 0 Å². The van der Waals surface area contributed by atoms with Crippen molar-refractivity contribution in [2.24, 2.45) is 0 Å². The van der Waals surface area contributed by atoms with Gasteiger partial charge < -0.3 is 19.0 Å². The zero-order valence-electron chi connectivity index (χ0n) is 16.7. The molecule has 2 amide bonds. The molecule has 0 aromatic carbocycles. The zero-order valence-corrected chi connectivity index (χ0v) is 17.5. The summed E-state index contributed by atoms with van der Waals surface area (Å²) in [6.07, 6.45) is 3.60. The van der Waals surface area contributed by atoms with Crippen molar-refractivity contribution in [3.8, 4) is 0 Å². The van der Waals surface area contributed by atoms with Crippen LogP contribution in [-0.4, -0.2) is 53.0 Å². The lowest BCUT2D eigenvalue weighted by Gasteiger charge is -2.36. The summed E-state index contributed by atoms with van der Waals surface area (Å²) < 4.78 is 11.2. The van der Waals surface area contributed by atoms with E-state index in [9.17, 15) is 9.59 Å². The smallest absolute Gasteiger partial charge is 0.264 e. The second kappa shape index (κ2) is 8.92. The number of amides is 2. The van der Waals surface area contributed by atoms with Gasteiger partial charge >= 0.3 is 0 Å². The molecule has 2 aromatic rings. The highest BCUT2D eigenvalue weighted by Crippen LogP contribution is 2.21. The van der Waals surface area contributed by atoms with E-state index in [1.165, 1.54) is 11.3 Å². The van der Waals surface area contributed by atoms with Crippen molar-refractivity contribution < 1.29 is 18.7 Å². The Kier molecular flexibility index (Phi) is 6.57. The Balaban J connectivity index is 1.76. The molecule has 1 fully saturated rings. The van der Waals surface area contributed by atoms with E-state index in [-0.39, 0.29) is 24.5 Å². The summed E-state index contributed by atoms with van der Waals surface area (Å²) in [7, 11) is 0. The molecule has 6 nitrogen and oxygen atoms in total. The number of carbonyl (C=O) groups excluding carboxylic acids is 2. The Morgan fingerprint density at radius 3 is 2.64 bits per heavy atom. The van der Waals surface area contributed by atoms with Crippen LogP contribution < -0.4 is 0 Å². The quantitative estimate of drug-likeness (QED) is 0.704. The highest BCUT2D eigenvalue weighted by Gasteiger charge is 2.32. The average molecular weight is 405 g/mol. The fourth-order valence-electron chi connectivity index (χ4n) is 3.26. The topological polar surface area (TPSA) is 63.0 Å². The molecule has 7 heteroatoms. The summed E-state index contributed by atoms with van der Waals surface area (Å²) in [5, 5.41) is 1.87. The van der Waals surface area contributed by atoms with Gasteiger partial charge in [0.2, 0.25) is 5.91 Å². The van der Waals surface area contributed by atoms with Gasteiger partial charge in [-0.2, -0.15) is 0 Å². The summed E-state index contributed by atoms with van der Waals surface area (Å²) in [6.45, 7) is 7.47. The molecule has 2 aromatic heterocycles. The summed E-state index contributed by atoms with van der Waals surface area (Å²) >= 11 is 1.39.